The number of aromatic nitrogens is 2. The second-order valence-corrected chi connectivity index (χ2v) is 5.70. The minimum atomic E-state index is -0.0244. The summed E-state index contributed by atoms with van der Waals surface area (Å²) in [6, 6.07) is 1.68. The number of nitrogens with two attached hydrogens (primary N) is 2. The fraction of sp³-hybridized carbons (Fsp3) is 0.615. The van der Waals surface area contributed by atoms with E-state index in [0.29, 0.717) is 16.8 Å². The second kappa shape index (κ2) is 8.63. The van der Waals surface area contributed by atoms with Gasteiger partial charge < -0.3 is 16.8 Å². The first-order valence-electron chi connectivity index (χ1n) is 6.83. The van der Waals surface area contributed by atoms with Crippen LogP contribution in [0.1, 0.15) is 39.5 Å². The number of thioether (sulfide) groups is 1. The molecule has 5 N–H and O–H groups in total. The van der Waals surface area contributed by atoms with Gasteiger partial charge in [-0.25, -0.2) is 9.97 Å². The lowest BCUT2D eigenvalue weighted by Gasteiger charge is -2.13. The summed E-state index contributed by atoms with van der Waals surface area (Å²) in [5.74, 6) is 0.867. The van der Waals surface area contributed by atoms with E-state index in [2.05, 4.69) is 22.2 Å². The van der Waals surface area contributed by atoms with E-state index in [-0.39, 0.29) is 17.7 Å². The highest BCUT2D eigenvalue weighted by molar-refractivity contribution is 7.99. The molecule has 0 aliphatic heterocycles. The molecule has 7 heteroatoms. The zero-order valence-electron chi connectivity index (χ0n) is 12.1. The minimum absolute atomic E-state index is 0.0244. The van der Waals surface area contributed by atoms with Gasteiger partial charge in [0.2, 0.25) is 5.91 Å². The van der Waals surface area contributed by atoms with Crippen molar-refractivity contribution in [1.29, 1.82) is 0 Å². The van der Waals surface area contributed by atoms with Gasteiger partial charge in [0.15, 0.2) is 5.16 Å². The highest BCUT2D eigenvalue weighted by Crippen LogP contribution is 2.16. The lowest BCUT2D eigenvalue weighted by atomic mass is 10.1. The van der Waals surface area contributed by atoms with Crippen LogP contribution in [0.4, 0.5) is 11.6 Å². The molecule has 20 heavy (non-hydrogen) atoms. The molecule has 1 heterocycles. The number of carbonyl (C=O) groups is 1. The summed E-state index contributed by atoms with van der Waals surface area (Å²) in [6.45, 7) is 4.18. The van der Waals surface area contributed by atoms with Crippen molar-refractivity contribution in [1.82, 2.24) is 15.3 Å². The highest BCUT2D eigenvalue weighted by atomic mass is 32.2. The number of nitrogens with zero attached hydrogens (tertiary/aromatic N) is 2. The molecule has 0 aliphatic carbocycles. The normalized spacial score (nSPS) is 12.1. The van der Waals surface area contributed by atoms with Gasteiger partial charge in [-0.15, -0.1) is 0 Å². The van der Waals surface area contributed by atoms with Gasteiger partial charge in [-0.1, -0.05) is 37.9 Å². The van der Waals surface area contributed by atoms with E-state index in [1.807, 2.05) is 6.92 Å². The van der Waals surface area contributed by atoms with Crippen molar-refractivity contribution < 1.29 is 4.79 Å². The number of hydrogen-bond acceptors (Lipinski definition) is 6. The summed E-state index contributed by atoms with van der Waals surface area (Å²) < 4.78 is 0. The summed E-state index contributed by atoms with van der Waals surface area (Å²) in [6.07, 6.45) is 4.53. The van der Waals surface area contributed by atoms with E-state index in [0.717, 1.165) is 12.8 Å². The molecule has 0 fully saturated rings. The zero-order valence-corrected chi connectivity index (χ0v) is 12.9. The average molecular weight is 297 g/mol. The van der Waals surface area contributed by atoms with Gasteiger partial charge in [0.05, 0.1) is 5.75 Å². The molecule has 6 nitrogen and oxygen atoms in total. The highest BCUT2D eigenvalue weighted by Gasteiger charge is 2.09. The van der Waals surface area contributed by atoms with E-state index < -0.39 is 0 Å². The van der Waals surface area contributed by atoms with Gasteiger partial charge in [0.25, 0.3) is 0 Å². The van der Waals surface area contributed by atoms with Crippen molar-refractivity contribution >= 4 is 29.3 Å². The first-order chi connectivity index (χ1) is 9.51. The Morgan fingerprint density at radius 3 is 2.60 bits per heavy atom. The summed E-state index contributed by atoms with van der Waals surface area (Å²) in [5, 5.41) is 3.39. The van der Waals surface area contributed by atoms with Crippen molar-refractivity contribution in [2.24, 2.45) is 0 Å². The number of unbranched alkanes of at least 4 members (excludes halogenated alkanes) is 2. The Hall–Kier alpha value is -1.50. The summed E-state index contributed by atoms with van der Waals surface area (Å²) >= 11 is 1.23. The Morgan fingerprint density at radius 2 is 2.00 bits per heavy atom. The largest absolute Gasteiger partial charge is 0.383 e. The van der Waals surface area contributed by atoms with Crippen molar-refractivity contribution in [3.05, 3.63) is 6.07 Å². The molecule has 1 aromatic heterocycles. The van der Waals surface area contributed by atoms with Crippen LogP contribution in [-0.4, -0.2) is 27.7 Å². The number of rotatable bonds is 8. The lowest BCUT2D eigenvalue weighted by Crippen LogP contribution is -2.33. The molecule has 0 saturated heterocycles. The maximum Gasteiger partial charge on any atom is 0.230 e. The van der Waals surface area contributed by atoms with Gasteiger partial charge in [-0.2, -0.15) is 0 Å². The molecular formula is C13H23N5OS. The number of amides is 1. The first kappa shape index (κ1) is 16.6. The standard InChI is InChI=1S/C13H23N5OS/c1-3-4-5-6-9(2)16-12(19)8-20-13-17-10(14)7-11(15)18-13/h7,9H,3-6,8H2,1-2H3,(H,16,19)(H4,14,15,17,18). The maximum atomic E-state index is 11.8. The smallest absolute Gasteiger partial charge is 0.230 e. The Kier molecular flexibility index (Phi) is 7.14. The summed E-state index contributed by atoms with van der Waals surface area (Å²) in [7, 11) is 0. The quantitative estimate of drug-likeness (QED) is 0.384. The van der Waals surface area contributed by atoms with Crippen LogP contribution >= 0.6 is 11.8 Å². The van der Waals surface area contributed by atoms with Crippen molar-refractivity contribution in [2.75, 3.05) is 17.2 Å². The molecular weight excluding hydrogens is 274 g/mol. The molecule has 0 aromatic carbocycles. The Balaban J connectivity index is 2.32. The summed E-state index contributed by atoms with van der Waals surface area (Å²) in [5.41, 5.74) is 11.1. The number of hydrogen-bond donors (Lipinski definition) is 3. The van der Waals surface area contributed by atoms with Gasteiger partial charge in [0.1, 0.15) is 11.6 Å². The Bertz CT molecular complexity index is 421. The molecule has 1 unspecified atom stereocenters. The fourth-order valence-corrected chi connectivity index (χ4v) is 2.43. The van der Waals surface area contributed by atoms with Gasteiger partial charge in [-0.05, 0) is 13.3 Å². The van der Waals surface area contributed by atoms with Crippen LogP contribution in [0.15, 0.2) is 11.2 Å². The topological polar surface area (TPSA) is 107 Å². The molecule has 0 spiro atoms. The van der Waals surface area contributed by atoms with Crippen molar-refractivity contribution in [2.45, 2.75) is 50.7 Å². The van der Waals surface area contributed by atoms with E-state index in [1.54, 1.807) is 0 Å². The Labute approximate surface area is 124 Å². The predicted molar refractivity (Wildman–Crippen MR) is 83.3 cm³/mol. The van der Waals surface area contributed by atoms with E-state index in [1.165, 1.54) is 30.7 Å². The third-order valence-electron chi connectivity index (χ3n) is 2.73. The zero-order chi connectivity index (χ0) is 15.0. The number of nitrogens with one attached hydrogen (secondary N) is 1. The van der Waals surface area contributed by atoms with Gasteiger partial charge in [-0.3, -0.25) is 4.79 Å². The van der Waals surface area contributed by atoms with Crippen molar-refractivity contribution in [3.63, 3.8) is 0 Å². The maximum absolute atomic E-state index is 11.8. The SMILES string of the molecule is CCCCCC(C)NC(=O)CSc1nc(N)cc(N)n1. The van der Waals surface area contributed by atoms with Crippen LogP contribution in [0.5, 0.6) is 0 Å². The van der Waals surface area contributed by atoms with Crippen LogP contribution in [-0.2, 0) is 4.79 Å². The molecule has 112 valence electrons. The van der Waals surface area contributed by atoms with Crippen LogP contribution in [0.3, 0.4) is 0 Å². The van der Waals surface area contributed by atoms with Gasteiger partial charge in [0, 0.05) is 12.1 Å². The molecule has 1 rings (SSSR count). The molecule has 0 aliphatic rings. The number of nitrogen functional groups attached to an aromatic ring is 2. The molecule has 0 radical (unpaired) electrons. The molecule has 1 amide bonds. The second-order valence-electron chi connectivity index (χ2n) is 4.75. The van der Waals surface area contributed by atoms with E-state index in [9.17, 15) is 4.79 Å². The van der Waals surface area contributed by atoms with E-state index in [4.69, 9.17) is 11.5 Å². The third-order valence-corrected chi connectivity index (χ3v) is 3.57. The number of carbonyl (C=O) groups excluding carboxylic acids is 1. The van der Waals surface area contributed by atoms with Gasteiger partial charge >= 0.3 is 0 Å². The fourth-order valence-electron chi connectivity index (χ4n) is 1.75. The predicted octanol–water partition coefficient (Wildman–Crippen LogP) is 1.82. The first-order valence-corrected chi connectivity index (χ1v) is 7.82. The third kappa shape index (κ3) is 6.60. The molecule has 0 bridgehead atoms. The molecule has 0 saturated carbocycles. The van der Waals surface area contributed by atoms with Crippen LogP contribution in [0.2, 0.25) is 0 Å². The molecule has 1 atom stereocenters. The van der Waals surface area contributed by atoms with Crippen LogP contribution < -0.4 is 16.8 Å². The van der Waals surface area contributed by atoms with Crippen LogP contribution in [0, 0.1) is 0 Å². The number of anilines is 2. The Morgan fingerprint density at radius 1 is 1.35 bits per heavy atom. The molecule has 1 aromatic rings. The van der Waals surface area contributed by atoms with Crippen molar-refractivity contribution in [3.8, 4) is 0 Å². The van der Waals surface area contributed by atoms with E-state index >= 15 is 0 Å². The summed E-state index contributed by atoms with van der Waals surface area (Å²) in [4.78, 5) is 19.8. The lowest BCUT2D eigenvalue weighted by molar-refractivity contribution is -0.119. The minimum Gasteiger partial charge on any atom is -0.383 e. The average Bonchev–Trinajstić information content (AvgIpc) is 2.35. The monoisotopic (exact) mass is 297 g/mol. The van der Waals surface area contributed by atoms with Crippen LogP contribution in [0.25, 0.3) is 0 Å².